The van der Waals surface area contributed by atoms with Crippen LogP contribution in [0.5, 0.6) is 0 Å². The van der Waals surface area contributed by atoms with Gasteiger partial charge in [0, 0.05) is 0 Å². The monoisotopic (exact) mass is 289 g/mol. The number of aliphatic hydroxyl groups excluding tert-OH is 3. The highest BCUT2D eigenvalue weighted by Crippen LogP contribution is 1.92. The second kappa shape index (κ2) is 10.0. The van der Waals surface area contributed by atoms with Crippen molar-refractivity contribution < 1.29 is 52.0 Å². The van der Waals surface area contributed by atoms with E-state index in [1.165, 1.54) is 0 Å². The molecule has 0 aromatic heterocycles. The highest BCUT2D eigenvalue weighted by Gasteiger charge is 2.29. The topological polar surface area (TPSA) is 135 Å². The van der Waals surface area contributed by atoms with Gasteiger partial charge in [0.2, 0.25) is 0 Å². The van der Waals surface area contributed by atoms with Crippen molar-refractivity contribution >= 4 is 11.9 Å². The summed E-state index contributed by atoms with van der Waals surface area (Å²) in [4.78, 5) is 19.5. The number of aliphatic carboxylic acids is 2. The molecule has 0 aromatic rings. The van der Waals surface area contributed by atoms with E-state index in [1.807, 2.05) is 0 Å². The van der Waals surface area contributed by atoms with Crippen LogP contribution in [0.25, 0.3) is 0 Å². The summed E-state index contributed by atoms with van der Waals surface area (Å²) in [6.45, 7) is 1.11. The van der Waals surface area contributed by atoms with E-state index >= 15 is 0 Å². The quantitative estimate of drug-likeness (QED) is 0.319. The molecule has 0 bridgehead atoms. The Morgan fingerprint density at radius 2 is 1.28 bits per heavy atom. The number of hydrogen-bond acceptors (Lipinski definition) is 5. The maximum Gasteiger partial charge on any atom is 0.335 e. The fourth-order valence-electron chi connectivity index (χ4n) is 0.570. The smallest absolute Gasteiger partial charge is 0.335 e. The molecule has 0 saturated carbocycles. The molecule has 5 N–H and O–H groups in total. The number of carboxylic acid groups (broad SMARTS) is 2. The minimum absolute atomic E-state index is 0. The number of carboxylic acids is 2. The maximum absolute atomic E-state index is 9.77. The third-order valence-corrected chi connectivity index (χ3v) is 1.58. The molecule has 0 spiro atoms. The minimum Gasteiger partial charge on any atom is -1.00 e. The summed E-state index contributed by atoms with van der Waals surface area (Å²) in [5, 5.41) is 40.9. The summed E-state index contributed by atoms with van der Waals surface area (Å²) < 4.78 is 0.844. The molecule has 0 fully saturated rings. The second-order valence-corrected chi connectivity index (χ2v) is 4.30. The van der Waals surface area contributed by atoms with E-state index < -0.39 is 24.1 Å². The predicted octanol–water partition coefficient (Wildman–Crippen LogP) is -5.43. The zero-order valence-electron chi connectivity index (χ0n) is 10.4. The van der Waals surface area contributed by atoms with E-state index in [1.54, 1.807) is 0 Å². The zero-order chi connectivity index (χ0) is 14.2. The summed E-state index contributed by atoms with van der Waals surface area (Å²) in [6, 6.07) is 0. The van der Waals surface area contributed by atoms with Crippen molar-refractivity contribution in [3.8, 4) is 0 Å². The van der Waals surface area contributed by atoms with E-state index in [-0.39, 0.29) is 19.0 Å². The van der Waals surface area contributed by atoms with Gasteiger partial charge in [-0.15, -0.1) is 0 Å². The third-order valence-electron chi connectivity index (χ3n) is 1.58. The number of quaternary nitrogens is 1. The lowest BCUT2D eigenvalue weighted by atomic mass is 10.2. The molecule has 0 heterocycles. The largest absolute Gasteiger partial charge is 1.00 e. The summed E-state index contributed by atoms with van der Waals surface area (Å²) >= 11 is 0. The van der Waals surface area contributed by atoms with Crippen LogP contribution in [-0.2, 0) is 9.59 Å². The molecule has 0 aliphatic carbocycles. The number of nitrogens with zero attached hydrogens (tertiary/aromatic N) is 1. The van der Waals surface area contributed by atoms with Gasteiger partial charge in [-0.1, -0.05) is 0 Å². The van der Waals surface area contributed by atoms with Gasteiger partial charge < -0.3 is 42.4 Å². The normalized spacial score (nSPS) is 13.4. The van der Waals surface area contributed by atoms with Gasteiger partial charge in [0.15, 0.2) is 12.2 Å². The Morgan fingerprint density at radius 1 is 1.00 bits per heavy atom. The Balaban J connectivity index is -0.000000251. The molecule has 0 rings (SSSR count). The molecule has 0 aliphatic heterocycles. The van der Waals surface area contributed by atoms with Crippen LogP contribution in [0.2, 0.25) is 0 Å². The summed E-state index contributed by atoms with van der Waals surface area (Å²) in [6.07, 6.45) is -4.53. The van der Waals surface area contributed by atoms with Crippen LogP contribution in [0, 0.1) is 0 Å². The molecule has 2 unspecified atom stereocenters. The first-order valence-corrected chi connectivity index (χ1v) is 4.76. The van der Waals surface area contributed by atoms with Gasteiger partial charge in [0.05, 0.1) is 27.7 Å². The van der Waals surface area contributed by atoms with Crippen molar-refractivity contribution in [3.05, 3.63) is 0 Å². The van der Waals surface area contributed by atoms with Crippen molar-refractivity contribution in [1.82, 2.24) is 0 Å². The Kier molecular flexibility index (Phi) is 12.4. The number of carbonyl (C=O) groups is 2. The summed E-state index contributed by atoms with van der Waals surface area (Å²) in [7, 11) is 6.16. The van der Waals surface area contributed by atoms with Crippen LogP contribution in [0.15, 0.2) is 0 Å². The fraction of sp³-hybridized carbons (Fsp3) is 0.778. The van der Waals surface area contributed by atoms with E-state index in [4.69, 9.17) is 25.5 Å². The van der Waals surface area contributed by atoms with Crippen molar-refractivity contribution in [2.45, 2.75) is 12.2 Å². The summed E-state index contributed by atoms with van der Waals surface area (Å²) in [5.74, 6) is -3.54. The Bertz CT molecular complexity index is 236. The third kappa shape index (κ3) is 13.1. The Hall–Kier alpha value is -0.930. The number of hydrogen-bond donors (Lipinski definition) is 5. The molecule has 110 valence electrons. The highest BCUT2D eigenvalue weighted by atomic mass is 35.5. The molecule has 9 heteroatoms. The van der Waals surface area contributed by atoms with E-state index in [9.17, 15) is 9.59 Å². The van der Waals surface area contributed by atoms with Crippen LogP contribution in [0.3, 0.4) is 0 Å². The van der Waals surface area contributed by atoms with Gasteiger partial charge in [0.25, 0.3) is 0 Å². The van der Waals surface area contributed by atoms with Crippen molar-refractivity contribution in [2.75, 3.05) is 34.3 Å². The first-order valence-electron chi connectivity index (χ1n) is 4.76. The van der Waals surface area contributed by atoms with E-state index in [2.05, 4.69) is 21.1 Å². The van der Waals surface area contributed by atoms with Gasteiger partial charge in [-0.05, 0) is 0 Å². The van der Waals surface area contributed by atoms with E-state index in [0.717, 1.165) is 11.0 Å². The lowest BCUT2D eigenvalue weighted by Gasteiger charge is -2.21. The molecule has 8 nitrogen and oxygen atoms in total. The number of rotatable bonds is 5. The number of likely N-dealkylation sites (N-methyl/N-ethyl adjacent to an activating group) is 1. The Morgan fingerprint density at radius 3 is 1.33 bits per heavy atom. The molecule has 0 amide bonds. The molecule has 0 aromatic carbocycles. The van der Waals surface area contributed by atoms with Gasteiger partial charge in [0.1, 0.15) is 6.54 Å². The van der Waals surface area contributed by atoms with Crippen LogP contribution >= 0.6 is 0 Å². The van der Waals surface area contributed by atoms with Crippen molar-refractivity contribution in [3.63, 3.8) is 0 Å². The molecule has 0 saturated heterocycles. The van der Waals surface area contributed by atoms with Crippen LogP contribution < -0.4 is 12.4 Å². The fourth-order valence-corrected chi connectivity index (χ4v) is 0.570. The molecule has 0 radical (unpaired) electrons. The molecular formula is C9H20ClNO7. The van der Waals surface area contributed by atoms with Crippen LogP contribution in [0.4, 0.5) is 0 Å². The Labute approximate surface area is 111 Å². The standard InChI is InChI=1S/C5H14NO.C4H6O6.ClH/c1-6(2,3)4-5-7;5-1(3(7)8)2(6)4(9)10;/h7H,4-5H2,1-3H3;1-2,5-6H,(H,7,8)(H,9,10);1H/q+1;;/p-1. The second-order valence-electron chi connectivity index (χ2n) is 4.30. The zero-order valence-corrected chi connectivity index (χ0v) is 11.2. The summed E-state index contributed by atoms with van der Waals surface area (Å²) in [5.41, 5.74) is 0. The minimum atomic E-state index is -2.27. The molecule has 2 atom stereocenters. The first-order chi connectivity index (χ1) is 7.52. The maximum atomic E-state index is 9.77. The average molecular weight is 290 g/mol. The highest BCUT2D eigenvalue weighted by molar-refractivity contribution is 5.83. The lowest BCUT2D eigenvalue weighted by Crippen LogP contribution is -3.00. The molecule has 18 heavy (non-hydrogen) atoms. The lowest BCUT2D eigenvalue weighted by molar-refractivity contribution is -0.870. The van der Waals surface area contributed by atoms with Gasteiger partial charge >= 0.3 is 11.9 Å². The predicted molar refractivity (Wildman–Crippen MR) is 57.3 cm³/mol. The molecule has 0 aliphatic rings. The average Bonchev–Trinajstić information content (AvgIpc) is 2.14. The van der Waals surface area contributed by atoms with Gasteiger partial charge in [-0.25, -0.2) is 9.59 Å². The number of aliphatic hydroxyl groups is 3. The molecular weight excluding hydrogens is 270 g/mol. The van der Waals surface area contributed by atoms with Gasteiger partial charge in [-0.2, -0.15) is 0 Å². The number of halogens is 1. The van der Waals surface area contributed by atoms with Crippen LogP contribution in [-0.4, -0.2) is 88.5 Å². The SMILES string of the molecule is C[N+](C)(C)CCO.O=C(O)C(O)C(O)C(=O)O.[Cl-]. The van der Waals surface area contributed by atoms with E-state index in [0.29, 0.717) is 0 Å². The van der Waals surface area contributed by atoms with Gasteiger partial charge in [-0.3, -0.25) is 0 Å². The van der Waals surface area contributed by atoms with Crippen molar-refractivity contribution in [1.29, 1.82) is 0 Å². The first kappa shape index (κ1) is 22.3. The van der Waals surface area contributed by atoms with Crippen LogP contribution in [0.1, 0.15) is 0 Å². The van der Waals surface area contributed by atoms with Crippen molar-refractivity contribution in [2.24, 2.45) is 0 Å².